The van der Waals surface area contributed by atoms with Crippen molar-refractivity contribution >= 4 is 23.8 Å². The van der Waals surface area contributed by atoms with Gasteiger partial charge in [-0.3, -0.25) is 14.4 Å². The highest BCUT2D eigenvalue weighted by atomic mass is 16.6. The van der Waals surface area contributed by atoms with Gasteiger partial charge in [0.15, 0.2) is 0 Å². The number of nitrogens with one attached hydrogen (secondary N) is 1. The van der Waals surface area contributed by atoms with Gasteiger partial charge in [-0.2, -0.15) is 0 Å². The van der Waals surface area contributed by atoms with Gasteiger partial charge in [-0.05, 0) is 102 Å². The normalized spacial score (nSPS) is 20.1. The van der Waals surface area contributed by atoms with Gasteiger partial charge >= 0.3 is 17.9 Å². The molecule has 8 nitrogen and oxygen atoms in total. The molecule has 2 saturated carbocycles. The van der Waals surface area contributed by atoms with Gasteiger partial charge in [-0.25, -0.2) is 4.79 Å². The number of esters is 3. The zero-order valence-electron chi connectivity index (χ0n) is 27.3. The molecule has 1 unspecified atom stereocenters. The summed E-state index contributed by atoms with van der Waals surface area (Å²) in [5, 5.41) is 3.30. The molecule has 0 spiro atoms. The highest BCUT2D eigenvalue weighted by Gasteiger charge is 2.45. The Morgan fingerprint density at radius 3 is 2.20 bits per heavy atom. The fraction of sp³-hybridized carbons (Fsp3) is 0.568. The second-order valence-electron chi connectivity index (χ2n) is 13.7. The molecule has 0 aliphatic heterocycles. The van der Waals surface area contributed by atoms with E-state index in [0.29, 0.717) is 50.7 Å². The predicted molar refractivity (Wildman–Crippen MR) is 171 cm³/mol. The van der Waals surface area contributed by atoms with Crippen molar-refractivity contribution in [3.05, 3.63) is 71.3 Å². The Kier molecular flexibility index (Phi) is 11.8. The second kappa shape index (κ2) is 15.5. The van der Waals surface area contributed by atoms with Gasteiger partial charge in [0.05, 0.1) is 29.4 Å². The van der Waals surface area contributed by atoms with Gasteiger partial charge in [-0.15, -0.1) is 0 Å². The molecule has 4 rings (SSSR count). The average Bonchev–Trinajstić information content (AvgIpc) is 3.50. The van der Waals surface area contributed by atoms with Gasteiger partial charge < -0.3 is 19.5 Å². The van der Waals surface area contributed by atoms with Crippen molar-refractivity contribution < 1.29 is 33.4 Å². The quantitative estimate of drug-likeness (QED) is 0.207. The summed E-state index contributed by atoms with van der Waals surface area (Å²) in [6, 6.07) is 16.7. The van der Waals surface area contributed by atoms with Gasteiger partial charge in [0, 0.05) is 6.04 Å². The molecular weight excluding hydrogens is 570 g/mol. The van der Waals surface area contributed by atoms with Crippen molar-refractivity contribution in [2.24, 2.45) is 17.3 Å². The van der Waals surface area contributed by atoms with E-state index in [1.54, 1.807) is 18.2 Å². The number of rotatable bonds is 12. The van der Waals surface area contributed by atoms with Crippen LogP contribution >= 0.6 is 0 Å². The molecule has 0 heterocycles. The van der Waals surface area contributed by atoms with Crippen LogP contribution < -0.4 is 5.32 Å². The van der Waals surface area contributed by atoms with Crippen LogP contribution in [-0.2, 0) is 41.6 Å². The van der Waals surface area contributed by atoms with E-state index in [1.807, 2.05) is 64.1 Å². The van der Waals surface area contributed by atoms with E-state index in [1.165, 1.54) is 0 Å². The summed E-state index contributed by atoms with van der Waals surface area (Å²) in [5.74, 6) is -1.60. The van der Waals surface area contributed by atoms with E-state index in [4.69, 9.17) is 14.2 Å². The molecule has 2 aliphatic rings. The molecule has 2 aromatic carbocycles. The zero-order valence-corrected chi connectivity index (χ0v) is 27.3. The molecule has 2 fully saturated rings. The van der Waals surface area contributed by atoms with Gasteiger partial charge in [0.25, 0.3) is 0 Å². The van der Waals surface area contributed by atoms with E-state index in [-0.39, 0.29) is 36.4 Å². The van der Waals surface area contributed by atoms with Crippen molar-refractivity contribution in [3.63, 3.8) is 0 Å². The molecule has 1 N–H and O–H groups in total. The lowest BCUT2D eigenvalue weighted by Crippen LogP contribution is -2.47. The monoisotopic (exact) mass is 619 g/mol. The van der Waals surface area contributed by atoms with E-state index >= 15 is 0 Å². The number of benzene rings is 2. The SMILES string of the molecule is CCOC(=O)[C@H]1CC[C@@H](NC(=O)C2(CC(Cc3cccc(C(=O)OCc4ccccc4)c3)C(=O)OC(C)(C)C)CCCC2)CC1. The summed E-state index contributed by atoms with van der Waals surface area (Å²) in [6.45, 7) is 7.89. The van der Waals surface area contributed by atoms with Crippen molar-refractivity contribution in [3.8, 4) is 0 Å². The van der Waals surface area contributed by atoms with Crippen LogP contribution in [0.25, 0.3) is 0 Å². The third kappa shape index (κ3) is 9.90. The number of hydrogen-bond acceptors (Lipinski definition) is 7. The molecule has 45 heavy (non-hydrogen) atoms. The van der Waals surface area contributed by atoms with Crippen molar-refractivity contribution in [2.75, 3.05) is 6.61 Å². The lowest BCUT2D eigenvalue weighted by molar-refractivity contribution is -0.161. The Labute approximate surface area is 267 Å². The van der Waals surface area contributed by atoms with E-state index in [0.717, 1.165) is 36.8 Å². The lowest BCUT2D eigenvalue weighted by atomic mass is 9.74. The Morgan fingerprint density at radius 1 is 0.889 bits per heavy atom. The van der Waals surface area contributed by atoms with Gasteiger partial charge in [0.1, 0.15) is 12.2 Å². The summed E-state index contributed by atoms with van der Waals surface area (Å²) >= 11 is 0. The highest BCUT2D eigenvalue weighted by molar-refractivity contribution is 5.89. The third-order valence-corrected chi connectivity index (χ3v) is 8.96. The van der Waals surface area contributed by atoms with Crippen LogP contribution in [0.1, 0.15) is 107 Å². The molecule has 1 atom stereocenters. The first-order valence-electron chi connectivity index (χ1n) is 16.5. The van der Waals surface area contributed by atoms with Crippen LogP contribution in [-0.4, -0.2) is 42.1 Å². The molecule has 244 valence electrons. The van der Waals surface area contributed by atoms with Crippen LogP contribution in [0, 0.1) is 17.3 Å². The first-order chi connectivity index (χ1) is 21.5. The Hall–Kier alpha value is -3.68. The third-order valence-electron chi connectivity index (χ3n) is 8.96. The summed E-state index contributed by atoms with van der Waals surface area (Å²) in [5.41, 5.74) is 0.774. The molecule has 0 radical (unpaired) electrons. The first-order valence-corrected chi connectivity index (χ1v) is 16.5. The minimum absolute atomic E-state index is 0.000733. The molecule has 2 aliphatic carbocycles. The van der Waals surface area contributed by atoms with Crippen LogP contribution in [0.4, 0.5) is 0 Å². The summed E-state index contributed by atoms with van der Waals surface area (Å²) < 4.78 is 16.6. The van der Waals surface area contributed by atoms with Crippen LogP contribution in [0.15, 0.2) is 54.6 Å². The average molecular weight is 620 g/mol. The summed E-state index contributed by atoms with van der Waals surface area (Å²) in [4.78, 5) is 52.7. The minimum Gasteiger partial charge on any atom is -0.466 e. The number of hydrogen-bond donors (Lipinski definition) is 1. The Balaban J connectivity index is 1.46. The largest absolute Gasteiger partial charge is 0.466 e. The molecule has 0 aromatic heterocycles. The van der Waals surface area contributed by atoms with Crippen LogP contribution in [0.3, 0.4) is 0 Å². The fourth-order valence-corrected chi connectivity index (χ4v) is 6.66. The number of amides is 1. The van der Waals surface area contributed by atoms with Crippen molar-refractivity contribution in [1.82, 2.24) is 5.32 Å². The molecule has 8 heteroatoms. The molecule has 1 amide bonds. The van der Waals surface area contributed by atoms with Gasteiger partial charge in [0.2, 0.25) is 5.91 Å². The smallest absolute Gasteiger partial charge is 0.338 e. The fourth-order valence-electron chi connectivity index (χ4n) is 6.66. The molecule has 2 aromatic rings. The topological polar surface area (TPSA) is 108 Å². The Bertz CT molecular complexity index is 1300. The van der Waals surface area contributed by atoms with E-state index < -0.39 is 22.9 Å². The van der Waals surface area contributed by atoms with Gasteiger partial charge in [-0.1, -0.05) is 55.3 Å². The van der Waals surface area contributed by atoms with Crippen LogP contribution in [0.2, 0.25) is 0 Å². The van der Waals surface area contributed by atoms with E-state index in [2.05, 4.69) is 5.32 Å². The maximum absolute atomic E-state index is 14.0. The number of carbonyl (C=O) groups is 4. The van der Waals surface area contributed by atoms with Crippen molar-refractivity contribution in [2.45, 2.75) is 110 Å². The highest BCUT2D eigenvalue weighted by Crippen LogP contribution is 2.45. The predicted octanol–water partition coefficient (Wildman–Crippen LogP) is 6.73. The number of ether oxygens (including phenoxy) is 3. The second-order valence-corrected chi connectivity index (χ2v) is 13.7. The Morgan fingerprint density at radius 2 is 1.56 bits per heavy atom. The standard InChI is InChI=1S/C37H49NO7/c1-5-43-32(39)28-16-18-31(19-17-28)38-35(42)37(20-9-10-21-37)24-30(34(41)45-36(2,3)4)23-27-14-11-15-29(22-27)33(40)44-25-26-12-7-6-8-13-26/h6-8,11-15,22,28,30-31H,5,9-10,16-21,23-25H2,1-4H3,(H,38,42)/t28-,30?,31+. The van der Waals surface area contributed by atoms with Crippen molar-refractivity contribution in [1.29, 1.82) is 0 Å². The zero-order chi connectivity index (χ0) is 32.5. The molecule has 0 saturated heterocycles. The summed E-state index contributed by atoms with van der Waals surface area (Å²) in [7, 11) is 0. The maximum atomic E-state index is 14.0. The molecule has 0 bridgehead atoms. The maximum Gasteiger partial charge on any atom is 0.338 e. The minimum atomic E-state index is -0.679. The lowest BCUT2D eigenvalue weighted by Gasteiger charge is -2.35. The van der Waals surface area contributed by atoms with Crippen LogP contribution in [0.5, 0.6) is 0 Å². The first kappa shape index (κ1) is 34.2. The van der Waals surface area contributed by atoms with E-state index in [9.17, 15) is 19.2 Å². The number of carbonyl (C=O) groups excluding carboxylic acids is 4. The molecular formula is C37H49NO7. The summed E-state index contributed by atoms with van der Waals surface area (Å²) in [6.07, 6.45) is 6.83.